The van der Waals surface area contributed by atoms with Crippen LogP contribution in [0.25, 0.3) is 0 Å². The Bertz CT molecular complexity index is 463. The molecule has 0 aliphatic rings. The van der Waals surface area contributed by atoms with Crippen molar-refractivity contribution in [2.45, 2.75) is 162 Å². The second kappa shape index (κ2) is 24.5. The monoisotopic (exact) mass is 500 g/mol. The maximum absolute atomic E-state index is 10.5. The van der Waals surface area contributed by atoms with Gasteiger partial charge in [0.05, 0.1) is 18.6 Å². The van der Waals surface area contributed by atoms with Gasteiger partial charge in [-0.05, 0) is 47.0 Å². The lowest BCUT2D eigenvalue weighted by Crippen LogP contribution is -2.33. The fourth-order valence-electron chi connectivity index (χ4n) is 4.39. The predicted octanol–water partition coefficient (Wildman–Crippen LogP) is 8.90. The first kappa shape index (κ1) is 33.8. The van der Waals surface area contributed by atoms with Gasteiger partial charge in [-0.25, -0.2) is 4.67 Å². The van der Waals surface area contributed by atoms with Gasteiger partial charge in [-0.2, -0.15) is 5.26 Å². The van der Waals surface area contributed by atoms with Gasteiger partial charge in [0.2, 0.25) is 0 Å². The summed E-state index contributed by atoms with van der Waals surface area (Å²) in [5.41, 5.74) is 0. The van der Waals surface area contributed by atoms with Gasteiger partial charge in [0.15, 0.2) is 0 Å². The number of hydrogen-bond donors (Lipinski definition) is 1. The van der Waals surface area contributed by atoms with Crippen molar-refractivity contribution >= 4 is 8.53 Å². The van der Waals surface area contributed by atoms with Crippen molar-refractivity contribution in [2.24, 2.45) is 0 Å². The lowest BCUT2D eigenvalue weighted by atomic mass is 10.0. The van der Waals surface area contributed by atoms with Crippen molar-refractivity contribution in [3.05, 3.63) is 0 Å². The predicted molar refractivity (Wildman–Crippen MR) is 147 cm³/mol. The molecule has 0 spiro atoms. The number of ether oxygens (including phenoxy) is 1. The van der Waals surface area contributed by atoms with Crippen LogP contribution in [0.4, 0.5) is 0 Å². The molecule has 0 aromatic rings. The summed E-state index contributed by atoms with van der Waals surface area (Å²) in [5, 5.41) is 9.11. The minimum absolute atomic E-state index is 0.201. The SMILES string of the molecule is CCCCCCCCCCCCCCCCOCCCC(CC#N)OP(O)N(C(C)C)C(C)C. The van der Waals surface area contributed by atoms with Crippen molar-refractivity contribution in [3.8, 4) is 6.07 Å². The van der Waals surface area contributed by atoms with E-state index in [-0.39, 0.29) is 18.2 Å². The fourth-order valence-corrected chi connectivity index (χ4v) is 5.73. The fraction of sp³-hybridized carbons (Fsp3) is 0.964. The van der Waals surface area contributed by atoms with Crippen LogP contribution in [0, 0.1) is 11.3 Å². The minimum Gasteiger partial charge on any atom is -0.381 e. The molecular weight excluding hydrogens is 443 g/mol. The second-order valence-electron chi connectivity index (χ2n) is 10.3. The van der Waals surface area contributed by atoms with Crippen molar-refractivity contribution in [2.75, 3.05) is 13.2 Å². The smallest absolute Gasteiger partial charge is 0.256 e. The molecule has 0 saturated carbocycles. The highest BCUT2D eigenvalue weighted by Crippen LogP contribution is 2.42. The van der Waals surface area contributed by atoms with E-state index in [1.807, 2.05) is 4.67 Å². The summed E-state index contributed by atoms with van der Waals surface area (Å²) >= 11 is 0. The summed E-state index contributed by atoms with van der Waals surface area (Å²) in [4.78, 5) is 10.5. The highest BCUT2D eigenvalue weighted by molar-refractivity contribution is 7.43. The number of hydrogen-bond acceptors (Lipinski definition) is 5. The molecule has 2 atom stereocenters. The minimum atomic E-state index is -1.68. The Morgan fingerprint density at radius 1 is 0.735 bits per heavy atom. The maximum atomic E-state index is 10.5. The Morgan fingerprint density at radius 3 is 1.62 bits per heavy atom. The third-order valence-corrected chi connectivity index (χ3v) is 8.08. The molecule has 0 radical (unpaired) electrons. The van der Waals surface area contributed by atoms with Crippen LogP contribution in [0.3, 0.4) is 0 Å². The molecule has 2 unspecified atom stereocenters. The number of nitrogens with zero attached hydrogens (tertiary/aromatic N) is 2. The van der Waals surface area contributed by atoms with Gasteiger partial charge < -0.3 is 14.2 Å². The molecule has 0 rings (SSSR count). The van der Waals surface area contributed by atoms with Crippen LogP contribution in [-0.2, 0) is 9.26 Å². The molecule has 0 amide bonds. The van der Waals surface area contributed by atoms with E-state index in [0.29, 0.717) is 13.0 Å². The van der Waals surface area contributed by atoms with E-state index in [4.69, 9.17) is 14.5 Å². The van der Waals surface area contributed by atoms with Crippen molar-refractivity contribution in [1.82, 2.24) is 4.67 Å². The van der Waals surface area contributed by atoms with Crippen LogP contribution in [0.5, 0.6) is 0 Å². The molecule has 0 heterocycles. The normalized spacial score (nSPS) is 13.6. The van der Waals surface area contributed by atoms with Gasteiger partial charge in [0.25, 0.3) is 8.53 Å². The van der Waals surface area contributed by atoms with Gasteiger partial charge in [-0.15, -0.1) is 0 Å². The van der Waals surface area contributed by atoms with E-state index >= 15 is 0 Å². The standard InChI is InChI=1S/C28H57N2O3P/c1-6-7-8-9-10-11-12-13-14-15-16-17-18-19-24-32-25-20-21-28(22-23-29)33-34(31)30(26(2)3)27(4)5/h26-28,31H,6-22,24-25H2,1-5H3. The Labute approximate surface area is 213 Å². The van der Waals surface area contributed by atoms with Crippen LogP contribution in [-0.4, -0.2) is 41.0 Å². The Morgan fingerprint density at radius 2 is 1.18 bits per heavy atom. The number of nitriles is 1. The zero-order valence-corrected chi connectivity index (χ0v) is 24.2. The van der Waals surface area contributed by atoms with E-state index in [1.165, 1.54) is 83.5 Å². The molecule has 0 aliphatic heterocycles. The van der Waals surface area contributed by atoms with Crippen LogP contribution < -0.4 is 0 Å². The van der Waals surface area contributed by atoms with E-state index in [2.05, 4.69) is 40.7 Å². The summed E-state index contributed by atoms with van der Waals surface area (Å²) in [6.45, 7) is 12.0. The third kappa shape index (κ3) is 20.0. The molecule has 0 aromatic heterocycles. The molecule has 202 valence electrons. The van der Waals surface area contributed by atoms with Gasteiger partial charge in [-0.1, -0.05) is 90.4 Å². The molecule has 0 saturated heterocycles. The summed E-state index contributed by atoms with van der Waals surface area (Å²) in [6, 6.07) is 2.60. The zero-order chi connectivity index (χ0) is 25.4. The van der Waals surface area contributed by atoms with E-state index in [9.17, 15) is 4.89 Å². The molecule has 6 heteroatoms. The highest BCUT2D eigenvalue weighted by atomic mass is 31.2. The van der Waals surface area contributed by atoms with Crippen LogP contribution in [0.2, 0.25) is 0 Å². The molecule has 0 aromatic carbocycles. The number of unbranched alkanes of at least 4 members (excludes halogenated alkanes) is 13. The van der Waals surface area contributed by atoms with E-state index < -0.39 is 8.53 Å². The van der Waals surface area contributed by atoms with Crippen molar-refractivity contribution in [1.29, 1.82) is 5.26 Å². The first-order valence-electron chi connectivity index (χ1n) is 14.3. The number of rotatable bonds is 25. The van der Waals surface area contributed by atoms with Gasteiger partial charge >= 0.3 is 0 Å². The first-order valence-corrected chi connectivity index (χ1v) is 15.5. The summed E-state index contributed by atoms with van der Waals surface area (Å²) in [6.07, 6.45) is 20.9. The second-order valence-corrected chi connectivity index (χ2v) is 11.4. The molecule has 34 heavy (non-hydrogen) atoms. The average molecular weight is 501 g/mol. The Balaban J connectivity index is 3.61. The van der Waals surface area contributed by atoms with Crippen LogP contribution in [0.15, 0.2) is 0 Å². The summed E-state index contributed by atoms with van der Waals surface area (Å²) in [5.74, 6) is 0. The van der Waals surface area contributed by atoms with E-state index in [1.54, 1.807) is 0 Å². The topological polar surface area (TPSA) is 65.7 Å². The zero-order valence-electron chi connectivity index (χ0n) is 23.3. The quantitative estimate of drug-likeness (QED) is 0.100. The third-order valence-electron chi connectivity index (χ3n) is 6.28. The van der Waals surface area contributed by atoms with Crippen LogP contribution >= 0.6 is 8.53 Å². The van der Waals surface area contributed by atoms with Gasteiger partial charge in [0.1, 0.15) is 0 Å². The summed E-state index contributed by atoms with van der Waals surface area (Å²) in [7, 11) is -1.68. The molecule has 5 nitrogen and oxygen atoms in total. The van der Waals surface area contributed by atoms with E-state index in [0.717, 1.165) is 25.9 Å². The van der Waals surface area contributed by atoms with Crippen LogP contribution in [0.1, 0.15) is 144 Å². The Kier molecular flexibility index (Phi) is 24.3. The largest absolute Gasteiger partial charge is 0.381 e. The van der Waals surface area contributed by atoms with Crippen molar-refractivity contribution < 1.29 is 14.2 Å². The lowest BCUT2D eigenvalue weighted by Gasteiger charge is -2.34. The molecule has 0 bridgehead atoms. The first-order chi connectivity index (χ1) is 16.4. The molecule has 0 aliphatic carbocycles. The highest BCUT2D eigenvalue weighted by Gasteiger charge is 2.26. The molecule has 1 N–H and O–H groups in total. The van der Waals surface area contributed by atoms with Gasteiger partial charge in [0, 0.05) is 25.3 Å². The Hall–Kier alpha value is -0.240. The van der Waals surface area contributed by atoms with Crippen molar-refractivity contribution in [3.63, 3.8) is 0 Å². The summed E-state index contributed by atoms with van der Waals surface area (Å²) < 4.78 is 13.6. The lowest BCUT2D eigenvalue weighted by molar-refractivity contribution is 0.105. The molecular formula is C28H57N2O3P. The van der Waals surface area contributed by atoms with Gasteiger partial charge in [-0.3, -0.25) is 0 Å². The average Bonchev–Trinajstić information content (AvgIpc) is 2.77. The maximum Gasteiger partial charge on any atom is 0.256 e. The molecule has 0 fully saturated rings.